The molecule has 4 unspecified atom stereocenters. The van der Waals surface area contributed by atoms with Gasteiger partial charge in [0.25, 0.3) is 0 Å². The minimum Gasteiger partial charge on any atom is -0.465 e. The molecule has 1 aromatic rings. The number of aliphatic hydroxyl groups excluding tert-OH is 3. The largest absolute Gasteiger partial charge is 0.465 e. The van der Waals surface area contributed by atoms with Crippen molar-refractivity contribution in [1.82, 2.24) is 0 Å². The number of ether oxygens (including phenoxy) is 2. The highest BCUT2D eigenvalue weighted by Crippen LogP contribution is 2.30. The molecule has 0 saturated carbocycles. The lowest BCUT2D eigenvalue weighted by Gasteiger charge is -2.36. The van der Waals surface area contributed by atoms with E-state index in [0.717, 1.165) is 16.7 Å². The maximum absolute atomic E-state index is 11.7. The van der Waals surface area contributed by atoms with Crippen molar-refractivity contribution < 1.29 is 29.6 Å². The molecule has 0 spiro atoms. The van der Waals surface area contributed by atoms with E-state index in [-0.39, 0.29) is 12.2 Å². The highest BCUT2D eigenvalue weighted by atomic mass is 16.7. The van der Waals surface area contributed by atoms with E-state index in [9.17, 15) is 20.1 Å². The Kier molecular flexibility index (Phi) is 4.50. The van der Waals surface area contributed by atoms with Crippen molar-refractivity contribution >= 4 is 11.4 Å². The molecule has 0 bridgehead atoms. The molecule has 3 rings (SSSR count). The van der Waals surface area contributed by atoms with Crippen molar-refractivity contribution in [3.05, 3.63) is 35.4 Å². The Balaban J connectivity index is 1.75. The van der Waals surface area contributed by atoms with Crippen LogP contribution in [0, 0.1) is 0 Å². The number of ketones is 1. The Morgan fingerprint density at radius 1 is 1.35 bits per heavy atom. The summed E-state index contributed by atoms with van der Waals surface area (Å²) in [4.78, 5) is 11.7. The highest BCUT2D eigenvalue weighted by molar-refractivity contribution is 6.01. The minimum absolute atomic E-state index is 0.0555. The van der Waals surface area contributed by atoms with Crippen molar-refractivity contribution in [2.24, 2.45) is 0 Å². The predicted molar refractivity (Wildman–Crippen MR) is 81.8 cm³/mol. The van der Waals surface area contributed by atoms with Crippen molar-refractivity contribution in [1.29, 1.82) is 0 Å². The lowest BCUT2D eigenvalue weighted by molar-refractivity contribution is -0.229. The molecule has 4 atom stereocenters. The third-order valence-corrected chi connectivity index (χ3v) is 4.23. The zero-order valence-corrected chi connectivity index (χ0v) is 12.8. The number of hydrogen-bond donors (Lipinski definition) is 3. The van der Waals surface area contributed by atoms with Crippen LogP contribution in [-0.4, -0.2) is 52.3 Å². The molecule has 0 radical (unpaired) electrons. The van der Waals surface area contributed by atoms with Gasteiger partial charge in [-0.05, 0) is 41.8 Å². The van der Waals surface area contributed by atoms with E-state index < -0.39 is 31.2 Å². The number of aliphatic hydroxyl groups is 3. The van der Waals surface area contributed by atoms with Crippen LogP contribution in [0.2, 0.25) is 0 Å². The van der Waals surface area contributed by atoms with E-state index in [1.165, 1.54) is 0 Å². The minimum atomic E-state index is -1.13. The molecule has 3 N–H and O–H groups in total. The van der Waals surface area contributed by atoms with Crippen LogP contribution in [0.4, 0.5) is 0 Å². The van der Waals surface area contributed by atoms with Gasteiger partial charge in [-0.1, -0.05) is 6.07 Å². The van der Waals surface area contributed by atoms with Gasteiger partial charge in [0.2, 0.25) is 6.29 Å². The molecule has 1 heterocycles. The van der Waals surface area contributed by atoms with Gasteiger partial charge in [-0.3, -0.25) is 4.79 Å². The Hall–Kier alpha value is -1.73. The molecule has 23 heavy (non-hydrogen) atoms. The standard InChI is InChI=1S/C17H20O6/c1-9-4-11(19)5-10-6-12(2-3-13(9)10)22-16-7-14(20)17(21)15(8-18)23-16/h2-4,6,14-18,20-21H,5,7-8H2,1H3. The van der Waals surface area contributed by atoms with Gasteiger partial charge in [-0.15, -0.1) is 0 Å². The zero-order valence-electron chi connectivity index (χ0n) is 12.8. The number of fused-ring (bicyclic) bond motifs is 1. The maximum atomic E-state index is 11.7. The highest BCUT2D eigenvalue weighted by Gasteiger charge is 2.37. The Morgan fingerprint density at radius 3 is 2.87 bits per heavy atom. The lowest BCUT2D eigenvalue weighted by atomic mass is 9.91. The van der Waals surface area contributed by atoms with Gasteiger partial charge < -0.3 is 24.8 Å². The van der Waals surface area contributed by atoms with Gasteiger partial charge in [-0.2, -0.15) is 0 Å². The lowest BCUT2D eigenvalue weighted by Crippen LogP contribution is -2.51. The van der Waals surface area contributed by atoms with Crippen LogP contribution in [-0.2, 0) is 16.0 Å². The van der Waals surface area contributed by atoms with Gasteiger partial charge in [0.15, 0.2) is 5.78 Å². The van der Waals surface area contributed by atoms with Crippen LogP contribution >= 0.6 is 0 Å². The summed E-state index contributed by atoms with van der Waals surface area (Å²) in [5, 5.41) is 28.7. The second kappa shape index (κ2) is 6.41. The van der Waals surface area contributed by atoms with E-state index in [0.29, 0.717) is 12.2 Å². The van der Waals surface area contributed by atoms with E-state index in [4.69, 9.17) is 9.47 Å². The molecule has 6 nitrogen and oxygen atoms in total. The molecular formula is C17H20O6. The third kappa shape index (κ3) is 3.30. The van der Waals surface area contributed by atoms with E-state index >= 15 is 0 Å². The molecule has 1 aromatic carbocycles. The fourth-order valence-corrected chi connectivity index (χ4v) is 3.03. The summed E-state index contributed by atoms with van der Waals surface area (Å²) >= 11 is 0. The predicted octanol–water partition coefficient (Wildman–Crippen LogP) is 0.423. The smallest absolute Gasteiger partial charge is 0.202 e. The van der Waals surface area contributed by atoms with E-state index in [1.54, 1.807) is 18.2 Å². The summed E-state index contributed by atoms with van der Waals surface area (Å²) in [6.07, 6.45) is -1.73. The van der Waals surface area contributed by atoms with E-state index in [2.05, 4.69) is 0 Å². The Bertz CT molecular complexity index is 638. The summed E-state index contributed by atoms with van der Waals surface area (Å²) in [6.45, 7) is 1.49. The Morgan fingerprint density at radius 2 is 2.13 bits per heavy atom. The van der Waals surface area contributed by atoms with Gasteiger partial charge in [0.1, 0.15) is 18.0 Å². The van der Waals surface area contributed by atoms with Crippen molar-refractivity contribution in [2.45, 2.75) is 44.4 Å². The monoisotopic (exact) mass is 320 g/mol. The normalized spacial score (nSPS) is 30.6. The second-order valence-electron chi connectivity index (χ2n) is 5.99. The topological polar surface area (TPSA) is 96.2 Å². The number of hydrogen-bond acceptors (Lipinski definition) is 6. The molecule has 1 fully saturated rings. The van der Waals surface area contributed by atoms with Crippen LogP contribution in [0.1, 0.15) is 24.5 Å². The van der Waals surface area contributed by atoms with Crippen molar-refractivity contribution in [3.8, 4) is 5.75 Å². The average molecular weight is 320 g/mol. The van der Waals surface area contributed by atoms with Gasteiger partial charge in [0.05, 0.1) is 12.7 Å². The third-order valence-electron chi connectivity index (χ3n) is 4.23. The second-order valence-corrected chi connectivity index (χ2v) is 5.99. The number of carbonyl (C=O) groups excluding carboxylic acids is 1. The van der Waals surface area contributed by atoms with E-state index in [1.807, 2.05) is 13.0 Å². The number of allylic oxidation sites excluding steroid dienone is 2. The summed E-state index contributed by atoms with van der Waals surface area (Å²) in [6, 6.07) is 5.46. The van der Waals surface area contributed by atoms with Crippen LogP contribution < -0.4 is 4.74 Å². The molecule has 124 valence electrons. The first-order chi connectivity index (χ1) is 11.0. The first kappa shape index (κ1) is 16.1. The van der Waals surface area contributed by atoms with Crippen LogP contribution in [0.15, 0.2) is 24.3 Å². The van der Waals surface area contributed by atoms with Gasteiger partial charge in [0, 0.05) is 12.8 Å². The summed E-state index contributed by atoms with van der Waals surface area (Å²) < 4.78 is 11.2. The summed E-state index contributed by atoms with van der Waals surface area (Å²) in [5.74, 6) is 0.580. The van der Waals surface area contributed by atoms with Crippen LogP contribution in [0.3, 0.4) is 0 Å². The first-order valence-electron chi connectivity index (χ1n) is 7.61. The number of rotatable bonds is 3. The first-order valence-corrected chi connectivity index (χ1v) is 7.61. The zero-order chi connectivity index (χ0) is 16.6. The molecule has 1 aliphatic heterocycles. The van der Waals surface area contributed by atoms with Gasteiger partial charge in [-0.25, -0.2) is 0 Å². The molecule has 1 saturated heterocycles. The Labute approximate surface area is 134 Å². The van der Waals surface area contributed by atoms with Crippen LogP contribution in [0.5, 0.6) is 5.75 Å². The van der Waals surface area contributed by atoms with Crippen molar-refractivity contribution in [2.75, 3.05) is 6.61 Å². The molecular weight excluding hydrogens is 300 g/mol. The molecule has 0 amide bonds. The fraction of sp³-hybridized carbons (Fsp3) is 0.471. The molecule has 6 heteroatoms. The number of carbonyl (C=O) groups is 1. The maximum Gasteiger partial charge on any atom is 0.202 e. The SMILES string of the molecule is CC1=CC(=O)Cc2cc(OC3CC(O)C(O)C(CO)O3)ccc21. The van der Waals surface area contributed by atoms with Gasteiger partial charge >= 0.3 is 0 Å². The average Bonchev–Trinajstić information content (AvgIpc) is 2.50. The summed E-state index contributed by atoms with van der Waals surface area (Å²) in [7, 11) is 0. The van der Waals surface area contributed by atoms with Crippen molar-refractivity contribution in [3.63, 3.8) is 0 Å². The number of benzene rings is 1. The molecule has 0 aromatic heterocycles. The molecule has 1 aliphatic carbocycles. The summed E-state index contributed by atoms with van der Waals surface area (Å²) in [5.41, 5.74) is 2.84. The fourth-order valence-electron chi connectivity index (χ4n) is 3.03. The quantitative estimate of drug-likeness (QED) is 0.747. The van der Waals surface area contributed by atoms with Crippen LogP contribution in [0.25, 0.3) is 5.57 Å². The molecule has 2 aliphatic rings.